The van der Waals surface area contributed by atoms with E-state index in [4.69, 9.17) is 14.2 Å². The number of piperazine rings is 1. The monoisotopic (exact) mass is 604 g/mol. The lowest BCUT2D eigenvalue weighted by atomic mass is 10.2. The molecule has 1 aliphatic rings. The topological polar surface area (TPSA) is 236 Å². The Balaban J connectivity index is 2.41. The highest BCUT2D eigenvalue weighted by Crippen LogP contribution is 2.32. The molecule has 1 unspecified atom stereocenters. The van der Waals surface area contributed by atoms with Crippen LogP contribution in [0.4, 0.5) is 11.4 Å². The molecule has 1 heterocycles. The van der Waals surface area contributed by atoms with E-state index in [9.17, 15) is 40.5 Å². The molecular formula is C19H32N4O12S3. The van der Waals surface area contributed by atoms with E-state index in [1.54, 1.807) is 4.90 Å². The van der Waals surface area contributed by atoms with Gasteiger partial charge < -0.3 is 15.1 Å². The highest BCUT2D eigenvalue weighted by molar-refractivity contribution is 7.89. The molecule has 0 aromatic heterocycles. The van der Waals surface area contributed by atoms with Crippen LogP contribution in [0.5, 0.6) is 0 Å². The minimum absolute atomic E-state index is 0.0197. The Morgan fingerprint density at radius 3 is 1.92 bits per heavy atom. The Labute approximate surface area is 221 Å². The van der Waals surface area contributed by atoms with Crippen LogP contribution in [0.1, 0.15) is 12.8 Å². The van der Waals surface area contributed by atoms with Crippen molar-refractivity contribution in [2.45, 2.75) is 23.8 Å². The van der Waals surface area contributed by atoms with Crippen molar-refractivity contribution in [3.05, 3.63) is 28.3 Å². The predicted octanol–water partition coefficient (Wildman–Crippen LogP) is -1.38. The summed E-state index contributed by atoms with van der Waals surface area (Å²) in [7, 11) is -13.0. The summed E-state index contributed by atoms with van der Waals surface area (Å²) < 4.78 is 91.2. The zero-order chi connectivity index (χ0) is 28.7. The van der Waals surface area contributed by atoms with Gasteiger partial charge in [0.1, 0.15) is 4.90 Å². The molecule has 0 aliphatic carbocycles. The van der Waals surface area contributed by atoms with E-state index in [1.165, 1.54) is 11.0 Å². The van der Waals surface area contributed by atoms with E-state index in [0.717, 1.165) is 16.4 Å². The molecule has 0 saturated carbocycles. The second-order valence-corrected chi connectivity index (χ2v) is 13.8. The molecule has 2 rings (SSSR count). The summed E-state index contributed by atoms with van der Waals surface area (Å²) in [5.41, 5.74) is -0.563. The van der Waals surface area contributed by atoms with Gasteiger partial charge in [-0.15, -0.1) is 0 Å². The van der Waals surface area contributed by atoms with Gasteiger partial charge in [0.15, 0.2) is 0 Å². The average molecular weight is 605 g/mol. The first kappa shape index (κ1) is 32.2. The summed E-state index contributed by atoms with van der Waals surface area (Å²) in [4.78, 5) is 13.3. The van der Waals surface area contributed by atoms with Crippen molar-refractivity contribution < 1.29 is 49.5 Å². The van der Waals surface area contributed by atoms with Gasteiger partial charge in [0, 0.05) is 57.9 Å². The first-order valence-electron chi connectivity index (χ1n) is 11.5. The molecule has 1 aliphatic heterocycles. The Hall–Kier alpha value is -1.97. The standard InChI is InChI=1S/C19H32N4O12S3/c24-15-17(25)14-20-7-9-22(10-8-20)38(34,35)19-13-16(23(26)27)3-4-18(19)21(5-1-11-36(28,29)30)6-2-12-37(31,32)33/h3-4,13,17,24-25H,1-2,5-12,14-15H2,(H,28,29,30)(H,31,32,33). The zero-order valence-electron chi connectivity index (χ0n) is 20.4. The largest absolute Gasteiger partial charge is 0.394 e. The third-order valence-corrected chi connectivity index (χ3v) is 9.32. The summed E-state index contributed by atoms with van der Waals surface area (Å²) >= 11 is 0. The molecule has 0 radical (unpaired) electrons. The Morgan fingerprint density at radius 1 is 0.947 bits per heavy atom. The van der Waals surface area contributed by atoms with Gasteiger partial charge in [-0.25, -0.2) is 8.42 Å². The summed E-state index contributed by atoms with van der Waals surface area (Å²) in [5, 5.41) is 30.1. The smallest absolute Gasteiger partial charge is 0.270 e. The molecule has 4 N–H and O–H groups in total. The fourth-order valence-electron chi connectivity index (χ4n) is 3.96. The van der Waals surface area contributed by atoms with Gasteiger partial charge in [0.05, 0.1) is 34.8 Å². The van der Waals surface area contributed by atoms with E-state index in [0.29, 0.717) is 0 Å². The molecule has 38 heavy (non-hydrogen) atoms. The molecule has 1 saturated heterocycles. The summed E-state index contributed by atoms with van der Waals surface area (Å²) in [6.45, 7) is -0.249. The first-order valence-corrected chi connectivity index (χ1v) is 16.1. The SMILES string of the molecule is O=[N+]([O-])c1ccc(N(CCCS(=O)(=O)O)CCCS(=O)(=O)O)c(S(=O)(=O)N2CCN(CC(O)CO)CC2)c1. The predicted molar refractivity (Wildman–Crippen MR) is 136 cm³/mol. The fraction of sp³-hybridized carbons (Fsp3) is 0.684. The molecule has 1 aromatic rings. The van der Waals surface area contributed by atoms with Crippen LogP contribution in [-0.4, -0.2) is 129 Å². The number of nitro benzene ring substituents is 1. The summed E-state index contributed by atoms with van der Waals surface area (Å²) in [6, 6.07) is 3.09. The number of β-amino-alcohol motifs (C(OH)–C–C–N with tert-alkyl or cyclic N) is 1. The third kappa shape index (κ3) is 9.97. The Kier molecular flexibility index (Phi) is 11.4. The minimum atomic E-state index is -4.35. The highest BCUT2D eigenvalue weighted by atomic mass is 32.2. The summed E-state index contributed by atoms with van der Waals surface area (Å²) in [5.74, 6) is -1.34. The second kappa shape index (κ2) is 13.4. The quantitative estimate of drug-likeness (QED) is 0.103. The number of hydrogen-bond donors (Lipinski definition) is 4. The van der Waals surface area contributed by atoms with Gasteiger partial charge in [0.25, 0.3) is 25.9 Å². The average Bonchev–Trinajstić information content (AvgIpc) is 2.81. The maximum Gasteiger partial charge on any atom is 0.270 e. The maximum atomic E-state index is 13.6. The number of rotatable bonds is 15. The van der Waals surface area contributed by atoms with Gasteiger partial charge >= 0.3 is 0 Å². The number of nitrogens with zero attached hydrogens (tertiary/aromatic N) is 4. The van der Waals surface area contributed by atoms with E-state index < -0.39 is 70.0 Å². The molecule has 0 amide bonds. The number of hydrogen-bond acceptors (Lipinski definition) is 12. The van der Waals surface area contributed by atoms with Crippen LogP contribution in [0.2, 0.25) is 0 Å². The molecule has 1 atom stereocenters. The van der Waals surface area contributed by atoms with Crippen LogP contribution in [-0.2, 0) is 30.3 Å². The number of anilines is 1. The molecule has 0 spiro atoms. The summed E-state index contributed by atoms with van der Waals surface area (Å²) in [6.07, 6.45) is -1.35. The lowest BCUT2D eigenvalue weighted by molar-refractivity contribution is -0.385. The molecule has 0 bridgehead atoms. The number of sulfonamides is 1. The number of benzene rings is 1. The van der Waals surface area contributed by atoms with Crippen LogP contribution < -0.4 is 4.90 Å². The van der Waals surface area contributed by atoms with Crippen LogP contribution >= 0.6 is 0 Å². The lowest BCUT2D eigenvalue weighted by Crippen LogP contribution is -2.50. The van der Waals surface area contributed by atoms with Gasteiger partial charge in [-0.05, 0) is 18.9 Å². The van der Waals surface area contributed by atoms with Gasteiger partial charge in [0.2, 0.25) is 10.0 Å². The van der Waals surface area contributed by atoms with E-state index in [-0.39, 0.29) is 64.3 Å². The molecule has 16 nitrogen and oxygen atoms in total. The van der Waals surface area contributed by atoms with E-state index in [2.05, 4.69) is 0 Å². The lowest BCUT2D eigenvalue weighted by Gasteiger charge is -2.35. The third-order valence-electron chi connectivity index (χ3n) is 5.78. The van der Waals surface area contributed by atoms with Crippen molar-refractivity contribution in [1.29, 1.82) is 0 Å². The first-order chi connectivity index (χ1) is 17.5. The van der Waals surface area contributed by atoms with Crippen molar-refractivity contribution in [1.82, 2.24) is 9.21 Å². The number of non-ortho nitro benzene ring substituents is 1. The van der Waals surface area contributed by atoms with Gasteiger partial charge in [-0.1, -0.05) is 0 Å². The van der Waals surface area contributed by atoms with Crippen molar-refractivity contribution in [2.75, 3.05) is 68.8 Å². The van der Waals surface area contributed by atoms with Crippen LogP contribution in [0.15, 0.2) is 23.1 Å². The van der Waals surface area contributed by atoms with Crippen LogP contribution in [0.25, 0.3) is 0 Å². The minimum Gasteiger partial charge on any atom is -0.394 e. The molecular weight excluding hydrogens is 572 g/mol. The fourth-order valence-corrected chi connectivity index (χ4v) is 6.60. The second-order valence-electron chi connectivity index (χ2n) is 8.72. The maximum absolute atomic E-state index is 13.6. The molecule has 218 valence electrons. The van der Waals surface area contributed by atoms with Gasteiger partial charge in [-0.2, -0.15) is 21.1 Å². The van der Waals surface area contributed by atoms with Crippen LogP contribution in [0.3, 0.4) is 0 Å². The zero-order valence-corrected chi connectivity index (χ0v) is 22.8. The van der Waals surface area contributed by atoms with E-state index >= 15 is 0 Å². The van der Waals surface area contributed by atoms with Crippen molar-refractivity contribution in [3.8, 4) is 0 Å². The molecule has 1 fully saturated rings. The van der Waals surface area contributed by atoms with Crippen molar-refractivity contribution in [3.63, 3.8) is 0 Å². The molecule has 19 heteroatoms. The van der Waals surface area contributed by atoms with Gasteiger partial charge in [-0.3, -0.25) is 24.1 Å². The highest BCUT2D eigenvalue weighted by Gasteiger charge is 2.33. The van der Waals surface area contributed by atoms with Crippen molar-refractivity contribution >= 4 is 41.6 Å². The Morgan fingerprint density at radius 2 is 1.47 bits per heavy atom. The van der Waals surface area contributed by atoms with E-state index in [1.807, 2.05) is 0 Å². The van der Waals surface area contributed by atoms with Crippen molar-refractivity contribution in [2.24, 2.45) is 0 Å². The number of aliphatic hydroxyl groups is 2. The Bertz CT molecular complexity index is 1240. The molecule has 1 aromatic carbocycles. The number of nitro groups is 1. The normalized spacial score (nSPS) is 16.8. The number of aliphatic hydroxyl groups excluding tert-OH is 2. The van der Waals surface area contributed by atoms with Crippen LogP contribution in [0, 0.1) is 10.1 Å².